The molecule has 0 saturated heterocycles. The van der Waals surface area contributed by atoms with Crippen molar-refractivity contribution in [2.45, 2.75) is 32.4 Å². The van der Waals surface area contributed by atoms with Crippen molar-refractivity contribution in [2.75, 3.05) is 5.75 Å². The molecule has 0 aromatic rings. The average Bonchev–Trinajstić information content (AvgIpc) is 1.67. The zero-order chi connectivity index (χ0) is 6.57. The highest BCUT2D eigenvalue weighted by Crippen LogP contribution is 2.17. The smallest absolute Gasteiger partial charge is 0.00647 e. The van der Waals surface area contributed by atoms with Crippen LogP contribution in [0.15, 0.2) is 0 Å². The maximum absolute atomic E-state index is 4.06. The van der Waals surface area contributed by atoms with Crippen molar-refractivity contribution in [2.24, 2.45) is 0 Å². The summed E-state index contributed by atoms with van der Waals surface area (Å²) in [6.45, 7) is 6.70. The predicted molar refractivity (Wildman–Crippen MR) is 45.0 cm³/mol. The van der Waals surface area contributed by atoms with Gasteiger partial charge in [-0.05, 0) is 17.4 Å². The van der Waals surface area contributed by atoms with Crippen LogP contribution < -0.4 is 0 Å². The molecule has 0 rings (SSSR count). The molecule has 0 radical (unpaired) electrons. The van der Waals surface area contributed by atoms with Crippen LogP contribution in [-0.4, -0.2) is 16.9 Å². The molecule has 0 aromatic heterocycles. The number of rotatable bonds is 3. The zero-order valence-corrected chi connectivity index (χ0v) is 6.92. The van der Waals surface area contributed by atoms with Crippen molar-refractivity contribution < 1.29 is 0 Å². The standard InChI is InChI=1S/C7H16S/c1-5-6-8(4)7(2)3/h7H,4-6H2,1-3H3. The highest BCUT2D eigenvalue weighted by atomic mass is 32.2. The second-order valence-corrected chi connectivity index (χ2v) is 4.72. The molecule has 0 aliphatic rings. The highest BCUT2D eigenvalue weighted by molar-refractivity contribution is 8.14. The Bertz CT molecular complexity index is 74.5. The Kier molecular flexibility index (Phi) is 4.25. The number of hydrogen-bond acceptors (Lipinski definition) is 0. The SMILES string of the molecule is C=S(CCC)C(C)C. The second kappa shape index (κ2) is 4.13. The Morgan fingerprint density at radius 1 is 1.50 bits per heavy atom. The molecule has 50 valence electrons. The van der Waals surface area contributed by atoms with Crippen molar-refractivity contribution >= 4 is 16.4 Å². The molecule has 0 amide bonds. The van der Waals surface area contributed by atoms with Crippen LogP contribution in [-0.2, 0) is 0 Å². The first-order chi connectivity index (χ1) is 3.68. The van der Waals surface area contributed by atoms with E-state index < -0.39 is 0 Å². The van der Waals surface area contributed by atoms with Gasteiger partial charge in [0.25, 0.3) is 0 Å². The summed E-state index contributed by atoms with van der Waals surface area (Å²) in [5.74, 6) is 5.36. The molecule has 1 heteroatoms. The van der Waals surface area contributed by atoms with E-state index in [2.05, 4.69) is 26.6 Å². The van der Waals surface area contributed by atoms with Gasteiger partial charge >= 0.3 is 0 Å². The highest BCUT2D eigenvalue weighted by Gasteiger charge is 1.93. The third-order valence-corrected chi connectivity index (χ3v) is 3.40. The first-order valence-corrected chi connectivity index (χ1v) is 4.80. The van der Waals surface area contributed by atoms with Gasteiger partial charge in [0.2, 0.25) is 0 Å². The van der Waals surface area contributed by atoms with Gasteiger partial charge in [0.1, 0.15) is 0 Å². The molecule has 0 nitrogen and oxygen atoms in total. The zero-order valence-electron chi connectivity index (χ0n) is 6.11. The van der Waals surface area contributed by atoms with E-state index in [1.807, 2.05) is 0 Å². The molecule has 0 heterocycles. The van der Waals surface area contributed by atoms with Crippen LogP contribution >= 0.6 is 10.5 Å². The molecule has 0 bridgehead atoms. The molecule has 0 aliphatic carbocycles. The Balaban J connectivity index is 3.33. The second-order valence-electron chi connectivity index (χ2n) is 2.29. The van der Waals surface area contributed by atoms with E-state index in [4.69, 9.17) is 0 Å². The molecule has 8 heavy (non-hydrogen) atoms. The van der Waals surface area contributed by atoms with Gasteiger partial charge in [-0.3, -0.25) is 0 Å². The molecule has 0 N–H and O–H groups in total. The van der Waals surface area contributed by atoms with Crippen LogP contribution in [0.4, 0.5) is 0 Å². The Hall–Kier alpha value is 0.220. The van der Waals surface area contributed by atoms with E-state index in [0.717, 1.165) is 5.25 Å². The van der Waals surface area contributed by atoms with Crippen LogP contribution in [0.2, 0.25) is 0 Å². The normalized spacial score (nSPS) is 14.5. The lowest BCUT2D eigenvalue weighted by molar-refractivity contribution is 1.06. The molecule has 0 aromatic carbocycles. The van der Waals surface area contributed by atoms with Gasteiger partial charge in [0.05, 0.1) is 0 Å². The molecule has 1 unspecified atom stereocenters. The van der Waals surface area contributed by atoms with Crippen molar-refractivity contribution in [1.29, 1.82) is 0 Å². The summed E-state index contributed by atoms with van der Waals surface area (Å²) >= 11 is 0. The molecular formula is C7H16S. The third kappa shape index (κ3) is 3.25. The lowest BCUT2D eigenvalue weighted by atomic mass is 10.6. The fourth-order valence-electron chi connectivity index (χ4n) is 0.498. The van der Waals surface area contributed by atoms with Gasteiger partial charge in [-0.2, -0.15) is 10.5 Å². The lowest BCUT2D eigenvalue weighted by Gasteiger charge is -2.07. The van der Waals surface area contributed by atoms with Gasteiger partial charge < -0.3 is 0 Å². The summed E-state index contributed by atoms with van der Waals surface area (Å²) in [5.41, 5.74) is 0. The average molecular weight is 132 g/mol. The summed E-state index contributed by atoms with van der Waals surface area (Å²) in [6, 6.07) is 0. The van der Waals surface area contributed by atoms with E-state index in [9.17, 15) is 0 Å². The summed E-state index contributed by atoms with van der Waals surface area (Å²) in [4.78, 5) is 0. The van der Waals surface area contributed by atoms with Gasteiger partial charge in [0.15, 0.2) is 0 Å². The van der Waals surface area contributed by atoms with Crippen molar-refractivity contribution in [3.05, 3.63) is 0 Å². The Morgan fingerprint density at radius 3 is 2.12 bits per heavy atom. The minimum Gasteiger partial charge on any atom is -0.190 e. The molecule has 0 fully saturated rings. The molecule has 0 saturated carbocycles. The van der Waals surface area contributed by atoms with Crippen LogP contribution in [0.25, 0.3) is 0 Å². The lowest BCUT2D eigenvalue weighted by Crippen LogP contribution is -1.92. The first-order valence-electron chi connectivity index (χ1n) is 3.17. The summed E-state index contributed by atoms with van der Waals surface area (Å²) < 4.78 is 0. The van der Waals surface area contributed by atoms with Gasteiger partial charge in [-0.15, -0.1) is 0 Å². The van der Waals surface area contributed by atoms with E-state index in [1.165, 1.54) is 12.2 Å². The van der Waals surface area contributed by atoms with Gasteiger partial charge in [-0.1, -0.05) is 26.6 Å². The molecular weight excluding hydrogens is 116 g/mol. The Labute approximate surface area is 55.2 Å². The number of hydrogen-bond donors (Lipinski definition) is 0. The van der Waals surface area contributed by atoms with E-state index >= 15 is 0 Å². The maximum Gasteiger partial charge on any atom is -0.00647 e. The maximum atomic E-state index is 4.06. The minimum atomic E-state index is 0.428. The van der Waals surface area contributed by atoms with Crippen molar-refractivity contribution in [3.8, 4) is 0 Å². The fraction of sp³-hybridized carbons (Fsp3) is 0.857. The van der Waals surface area contributed by atoms with E-state index in [1.54, 1.807) is 0 Å². The Morgan fingerprint density at radius 2 is 2.00 bits per heavy atom. The van der Waals surface area contributed by atoms with E-state index in [0.29, 0.717) is 10.5 Å². The monoisotopic (exact) mass is 132 g/mol. The quantitative estimate of drug-likeness (QED) is 0.518. The molecule has 0 aliphatic heterocycles. The van der Waals surface area contributed by atoms with Crippen molar-refractivity contribution in [3.63, 3.8) is 0 Å². The first kappa shape index (κ1) is 8.22. The van der Waals surface area contributed by atoms with Crippen LogP contribution in [0.3, 0.4) is 0 Å². The van der Waals surface area contributed by atoms with Crippen LogP contribution in [0, 0.1) is 0 Å². The fourth-order valence-corrected chi connectivity index (χ4v) is 1.49. The molecule has 1 atom stereocenters. The summed E-state index contributed by atoms with van der Waals surface area (Å²) in [7, 11) is 0.428. The summed E-state index contributed by atoms with van der Waals surface area (Å²) in [6.07, 6.45) is 1.28. The topological polar surface area (TPSA) is 0 Å². The predicted octanol–water partition coefficient (Wildman–Crippen LogP) is 2.51. The largest absolute Gasteiger partial charge is 0.190 e. The van der Waals surface area contributed by atoms with Crippen LogP contribution in [0.5, 0.6) is 0 Å². The minimum absolute atomic E-state index is 0.428. The summed E-state index contributed by atoms with van der Waals surface area (Å²) in [5, 5.41) is 0.787. The third-order valence-electron chi connectivity index (χ3n) is 1.13. The van der Waals surface area contributed by atoms with E-state index in [-0.39, 0.29) is 0 Å². The molecule has 0 spiro atoms. The van der Waals surface area contributed by atoms with Gasteiger partial charge in [0, 0.05) is 0 Å². The van der Waals surface area contributed by atoms with Crippen molar-refractivity contribution in [1.82, 2.24) is 0 Å². The van der Waals surface area contributed by atoms with Gasteiger partial charge in [-0.25, -0.2) is 0 Å². The van der Waals surface area contributed by atoms with Crippen LogP contribution in [0.1, 0.15) is 27.2 Å².